The standard InChI is InChI=1S/C31H31N3O3S/c1-2-38(36,37)29-14-7-6-13-28(29)24-15-17-27(18-16-24)34-31(35)26(19-22-9-4-3-5-10-22)21-23-11-8-12-25(20-23)30(32)33/h3-18,20,26H,2,19,21H2,1H3,(H3,32,33)(H,34,35). The number of benzene rings is 4. The Hall–Kier alpha value is -4.23. The van der Waals surface area contributed by atoms with E-state index >= 15 is 0 Å². The molecule has 0 heterocycles. The van der Waals surface area contributed by atoms with E-state index in [1.54, 1.807) is 43.3 Å². The van der Waals surface area contributed by atoms with Crippen molar-refractivity contribution in [3.05, 3.63) is 120 Å². The fraction of sp³-hybridized carbons (Fsp3) is 0.161. The van der Waals surface area contributed by atoms with Crippen molar-refractivity contribution in [1.82, 2.24) is 0 Å². The molecule has 4 aromatic rings. The summed E-state index contributed by atoms with van der Waals surface area (Å²) in [6.07, 6.45) is 1.04. The smallest absolute Gasteiger partial charge is 0.228 e. The summed E-state index contributed by atoms with van der Waals surface area (Å²) >= 11 is 0. The Morgan fingerprint density at radius 2 is 1.47 bits per heavy atom. The number of sulfone groups is 1. The van der Waals surface area contributed by atoms with E-state index in [9.17, 15) is 13.2 Å². The first-order chi connectivity index (χ1) is 18.3. The van der Waals surface area contributed by atoms with Gasteiger partial charge >= 0.3 is 0 Å². The van der Waals surface area contributed by atoms with Gasteiger partial charge in [0.25, 0.3) is 0 Å². The lowest BCUT2D eigenvalue weighted by atomic mass is 9.91. The molecule has 0 aliphatic rings. The van der Waals surface area contributed by atoms with Crippen LogP contribution in [0.3, 0.4) is 0 Å². The van der Waals surface area contributed by atoms with Crippen LogP contribution in [-0.4, -0.2) is 25.9 Å². The van der Waals surface area contributed by atoms with Crippen molar-refractivity contribution in [3.63, 3.8) is 0 Å². The monoisotopic (exact) mass is 525 g/mol. The lowest BCUT2D eigenvalue weighted by molar-refractivity contribution is -0.119. The quantitative estimate of drug-likeness (QED) is 0.188. The molecule has 0 spiro atoms. The normalized spacial score (nSPS) is 12.0. The molecule has 0 aromatic heterocycles. The van der Waals surface area contributed by atoms with E-state index in [0.717, 1.165) is 16.7 Å². The second-order valence-electron chi connectivity index (χ2n) is 9.17. The molecule has 38 heavy (non-hydrogen) atoms. The van der Waals surface area contributed by atoms with Gasteiger partial charge in [0.15, 0.2) is 9.84 Å². The summed E-state index contributed by atoms with van der Waals surface area (Å²) in [5, 5.41) is 10.8. The van der Waals surface area contributed by atoms with Crippen LogP contribution < -0.4 is 11.1 Å². The molecule has 0 radical (unpaired) electrons. The molecular formula is C31H31N3O3S. The largest absolute Gasteiger partial charge is 0.384 e. The van der Waals surface area contributed by atoms with Gasteiger partial charge < -0.3 is 11.1 Å². The summed E-state index contributed by atoms with van der Waals surface area (Å²) in [6.45, 7) is 1.63. The minimum Gasteiger partial charge on any atom is -0.384 e. The predicted molar refractivity (Wildman–Crippen MR) is 153 cm³/mol. The molecule has 0 bridgehead atoms. The molecule has 0 saturated heterocycles. The van der Waals surface area contributed by atoms with Crippen LogP contribution in [0.25, 0.3) is 11.1 Å². The van der Waals surface area contributed by atoms with Gasteiger partial charge in [-0.2, -0.15) is 0 Å². The number of nitrogens with one attached hydrogen (secondary N) is 2. The van der Waals surface area contributed by atoms with Gasteiger partial charge in [0.1, 0.15) is 5.84 Å². The summed E-state index contributed by atoms with van der Waals surface area (Å²) in [5.74, 6) is -0.459. The molecule has 4 rings (SSSR count). The number of carbonyl (C=O) groups excluding carboxylic acids is 1. The van der Waals surface area contributed by atoms with Crippen LogP contribution in [-0.2, 0) is 27.5 Å². The van der Waals surface area contributed by atoms with Crippen molar-refractivity contribution >= 4 is 27.3 Å². The van der Waals surface area contributed by atoms with Crippen molar-refractivity contribution < 1.29 is 13.2 Å². The van der Waals surface area contributed by atoms with Crippen molar-refractivity contribution in [3.8, 4) is 11.1 Å². The van der Waals surface area contributed by atoms with Crippen LogP contribution in [0.2, 0.25) is 0 Å². The van der Waals surface area contributed by atoms with E-state index in [-0.39, 0.29) is 23.4 Å². The minimum atomic E-state index is -3.38. The molecule has 1 atom stereocenters. The van der Waals surface area contributed by atoms with Gasteiger partial charge in [-0.25, -0.2) is 8.42 Å². The summed E-state index contributed by atoms with van der Waals surface area (Å²) < 4.78 is 25.1. The highest BCUT2D eigenvalue weighted by Gasteiger charge is 2.21. The van der Waals surface area contributed by atoms with Crippen LogP contribution >= 0.6 is 0 Å². The number of rotatable bonds is 10. The third-order valence-corrected chi connectivity index (χ3v) is 8.27. The van der Waals surface area contributed by atoms with E-state index in [1.807, 2.05) is 66.7 Å². The zero-order chi connectivity index (χ0) is 27.1. The number of carbonyl (C=O) groups is 1. The van der Waals surface area contributed by atoms with E-state index in [2.05, 4.69) is 5.32 Å². The van der Waals surface area contributed by atoms with Crippen LogP contribution in [0, 0.1) is 11.3 Å². The molecular weight excluding hydrogens is 494 g/mol. The van der Waals surface area contributed by atoms with Crippen molar-refractivity contribution in [2.24, 2.45) is 11.7 Å². The first kappa shape index (κ1) is 26.8. The van der Waals surface area contributed by atoms with E-state index in [0.29, 0.717) is 34.6 Å². The average Bonchev–Trinajstić information content (AvgIpc) is 2.94. The second kappa shape index (κ2) is 11.9. The molecule has 7 heteroatoms. The summed E-state index contributed by atoms with van der Waals surface area (Å²) in [7, 11) is -3.38. The van der Waals surface area contributed by atoms with Gasteiger partial charge in [-0.15, -0.1) is 0 Å². The highest BCUT2D eigenvalue weighted by Crippen LogP contribution is 2.29. The van der Waals surface area contributed by atoms with Crippen molar-refractivity contribution in [2.45, 2.75) is 24.7 Å². The molecule has 194 valence electrons. The van der Waals surface area contributed by atoms with Crippen LogP contribution in [0.15, 0.2) is 108 Å². The van der Waals surface area contributed by atoms with E-state index in [4.69, 9.17) is 11.1 Å². The molecule has 0 aliphatic heterocycles. The fourth-order valence-corrected chi connectivity index (χ4v) is 5.53. The molecule has 6 nitrogen and oxygen atoms in total. The predicted octanol–water partition coefficient (Wildman–Crippen LogP) is 5.47. The first-order valence-electron chi connectivity index (χ1n) is 12.5. The molecule has 4 N–H and O–H groups in total. The topological polar surface area (TPSA) is 113 Å². The van der Waals surface area contributed by atoms with Gasteiger partial charge in [0.05, 0.1) is 10.6 Å². The second-order valence-corrected chi connectivity index (χ2v) is 11.4. The Labute approximate surface area is 224 Å². The molecule has 0 aliphatic carbocycles. The highest BCUT2D eigenvalue weighted by atomic mass is 32.2. The Morgan fingerprint density at radius 1 is 0.842 bits per heavy atom. The third kappa shape index (κ3) is 6.55. The molecule has 0 fully saturated rings. The molecule has 0 saturated carbocycles. The minimum absolute atomic E-state index is 0.00990. The summed E-state index contributed by atoms with van der Waals surface area (Å²) in [5.41, 5.74) is 10.3. The molecule has 1 unspecified atom stereocenters. The number of anilines is 1. The number of amidine groups is 1. The first-order valence-corrected chi connectivity index (χ1v) is 14.1. The maximum absolute atomic E-state index is 13.5. The average molecular weight is 526 g/mol. The van der Waals surface area contributed by atoms with Gasteiger partial charge in [0.2, 0.25) is 5.91 Å². The summed E-state index contributed by atoms with van der Waals surface area (Å²) in [4.78, 5) is 13.8. The lowest BCUT2D eigenvalue weighted by Crippen LogP contribution is -2.26. The number of hydrogen-bond acceptors (Lipinski definition) is 4. The van der Waals surface area contributed by atoms with Gasteiger partial charge in [-0.1, -0.05) is 85.8 Å². The molecule has 1 amide bonds. The van der Waals surface area contributed by atoms with Gasteiger partial charge in [0, 0.05) is 22.7 Å². The maximum atomic E-state index is 13.5. The van der Waals surface area contributed by atoms with Crippen LogP contribution in [0.5, 0.6) is 0 Å². The molecule has 4 aromatic carbocycles. The Bertz CT molecular complexity index is 1530. The van der Waals surface area contributed by atoms with Crippen LogP contribution in [0.4, 0.5) is 5.69 Å². The Morgan fingerprint density at radius 3 is 2.16 bits per heavy atom. The van der Waals surface area contributed by atoms with E-state index < -0.39 is 9.84 Å². The number of amides is 1. The van der Waals surface area contributed by atoms with Crippen molar-refractivity contribution in [2.75, 3.05) is 11.1 Å². The SMILES string of the molecule is CCS(=O)(=O)c1ccccc1-c1ccc(NC(=O)C(Cc2ccccc2)Cc2cccc(C(=N)N)c2)cc1. The highest BCUT2D eigenvalue weighted by molar-refractivity contribution is 7.91. The third-order valence-electron chi connectivity index (χ3n) is 6.48. The number of nitrogen functional groups attached to an aromatic ring is 1. The van der Waals surface area contributed by atoms with Crippen LogP contribution in [0.1, 0.15) is 23.6 Å². The van der Waals surface area contributed by atoms with Gasteiger partial charge in [-0.3, -0.25) is 10.2 Å². The maximum Gasteiger partial charge on any atom is 0.228 e. The fourth-order valence-electron chi connectivity index (χ4n) is 4.42. The Kier molecular flexibility index (Phi) is 8.38. The number of hydrogen-bond donors (Lipinski definition) is 3. The zero-order valence-electron chi connectivity index (χ0n) is 21.2. The van der Waals surface area contributed by atoms with E-state index in [1.165, 1.54) is 0 Å². The van der Waals surface area contributed by atoms with Gasteiger partial charge in [-0.05, 0) is 53.8 Å². The number of nitrogens with two attached hydrogens (primary N) is 1. The van der Waals surface area contributed by atoms with Crippen molar-refractivity contribution in [1.29, 1.82) is 5.41 Å². The zero-order valence-corrected chi connectivity index (χ0v) is 22.0. The Balaban J connectivity index is 1.56. The summed E-state index contributed by atoms with van der Waals surface area (Å²) in [6, 6.07) is 31.5. The lowest BCUT2D eigenvalue weighted by Gasteiger charge is -2.18.